The minimum atomic E-state index is -3.67. The summed E-state index contributed by atoms with van der Waals surface area (Å²) in [6.45, 7) is 0. The van der Waals surface area contributed by atoms with Crippen LogP contribution in [0.1, 0.15) is 0 Å². The van der Waals surface area contributed by atoms with Crippen LogP contribution in [-0.2, 0) is 10.0 Å². The zero-order valence-electron chi connectivity index (χ0n) is 14.7. The van der Waals surface area contributed by atoms with Gasteiger partial charge < -0.3 is 14.2 Å². The SMILES string of the molecule is COc1cc(OC)c(-c2ccn(S(=O)(=O)c3ccccc3)c2)c(OC)c1. The van der Waals surface area contributed by atoms with E-state index in [-0.39, 0.29) is 4.90 Å². The predicted octanol–water partition coefficient (Wildman–Crippen LogP) is 3.42. The first-order valence-corrected chi connectivity index (χ1v) is 9.24. The quantitative estimate of drug-likeness (QED) is 0.662. The standard InChI is InChI=1S/C19H19NO5S/c1-23-15-11-17(24-2)19(18(12-15)25-3)14-9-10-20(13-14)26(21,22)16-7-5-4-6-8-16/h4-13H,1-3H3. The van der Waals surface area contributed by atoms with Crippen LogP contribution in [0.2, 0.25) is 0 Å². The minimum Gasteiger partial charge on any atom is -0.496 e. The summed E-state index contributed by atoms with van der Waals surface area (Å²) in [4.78, 5) is 0.218. The first-order valence-electron chi connectivity index (χ1n) is 7.80. The van der Waals surface area contributed by atoms with Gasteiger partial charge in [-0.05, 0) is 18.2 Å². The molecular formula is C19H19NO5S. The van der Waals surface area contributed by atoms with E-state index in [4.69, 9.17) is 14.2 Å². The second-order valence-electron chi connectivity index (χ2n) is 5.46. The van der Waals surface area contributed by atoms with Gasteiger partial charge in [-0.2, -0.15) is 0 Å². The van der Waals surface area contributed by atoms with Crippen LogP contribution in [0, 0.1) is 0 Å². The summed E-state index contributed by atoms with van der Waals surface area (Å²) in [5, 5.41) is 0. The Balaban J connectivity index is 2.11. The van der Waals surface area contributed by atoms with Gasteiger partial charge in [-0.25, -0.2) is 12.4 Å². The number of hydrogen-bond acceptors (Lipinski definition) is 5. The number of nitrogens with zero attached hydrogens (tertiary/aromatic N) is 1. The van der Waals surface area contributed by atoms with Crippen LogP contribution in [0.15, 0.2) is 65.8 Å². The third-order valence-electron chi connectivity index (χ3n) is 3.99. The molecule has 0 spiro atoms. The molecule has 0 bridgehead atoms. The second-order valence-corrected chi connectivity index (χ2v) is 7.30. The fraction of sp³-hybridized carbons (Fsp3) is 0.158. The Kier molecular flexibility index (Phi) is 4.90. The molecule has 0 fully saturated rings. The number of aromatic nitrogens is 1. The van der Waals surface area contributed by atoms with Crippen LogP contribution in [0.25, 0.3) is 11.1 Å². The maximum absolute atomic E-state index is 12.8. The molecule has 0 aliphatic heterocycles. The van der Waals surface area contributed by atoms with E-state index in [9.17, 15) is 8.42 Å². The average Bonchev–Trinajstić information content (AvgIpc) is 3.18. The molecule has 0 amide bonds. The molecule has 3 aromatic rings. The van der Waals surface area contributed by atoms with Crippen molar-refractivity contribution in [3.05, 3.63) is 60.9 Å². The maximum Gasteiger partial charge on any atom is 0.267 e. The van der Waals surface area contributed by atoms with Crippen molar-refractivity contribution in [1.29, 1.82) is 0 Å². The number of hydrogen-bond donors (Lipinski definition) is 0. The van der Waals surface area contributed by atoms with Gasteiger partial charge in [-0.15, -0.1) is 0 Å². The number of rotatable bonds is 6. The van der Waals surface area contributed by atoms with Gasteiger partial charge in [-0.3, -0.25) is 0 Å². The van der Waals surface area contributed by atoms with Crippen LogP contribution < -0.4 is 14.2 Å². The molecule has 0 atom stereocenters. The third-order valence-corrected chi connectivity index (χ3v) is 5.64. The van der Waals surface area contributed by atoms with E-state index < -0.39 is 10.0 Å². The van der Waals surface area contributed by atoms with Crippen LogP contribution >= 0.6 is 0 Å². The predicted molar refractivity (Wildman–Crippen MR) is 98.5 cm³/mol. The largest absolute Gasteiger partial charge is 0.496 e. The molecule has 0 aliphatic carbocycles. The fourth-order valence-corrected chi connectivity index (χ4v) is 3.90. The van der Waals surface area contributed by atoms with Gasteiger partial charge in [0.1, 0.15) is 17.2 Å². The highest BCUT2D eigenvalue weighted by Gasteiger charge is 2.20. The van der Waals surface area contributed by atoms with Crippen molar-refractivity contribution < 1.29 is 22.6 Å². The van der Waals surface area contributed by atoms with Crippen molar-refractivity contribution in [3.8, 4) is 28.4 Å². The van der Waals surface area contributed by atoms with Crippen LogP contribution in [-0.4, -0.2) is 33.7 Å². The van der Waals surface area contributed by atoms with Crippen molar-refractivity contribution in [2.45, 2.75) is 4.90 Å². The monoisotopic (exact) mass is 373 g/mol. The van der Waals surface area contributed by atoms with E-state index in [1.807, 2.05) is 0 Å². The summed E-state index contributed by atoms with van der Waals surface area (Å²) < 4.78 is 42.9. The summed E-state index contributed by atoms with van der Waals surface area (Å²) in [5.74, 6) is 1.63. The Morgan fingerprint density at radius 1 is 0.846 bits per heavy atom. The van der Waals surface area contributed by atoms with E-state index in [1.165, 1.54) is 30.6 Å². The van der Waals surface area contributed by atoms with Gasteiger partial charge >= 0.3 is 0 Å². The summed E-state index contributed by atoms with van der Waals surface area (Å²) in [6, 6.07) is 13.4. The van der Waals surface area contributed by atoms with Gasteiger partial charge in [0.25, 0.3) is 10.0 Å². The van der Waals surface area contributed by atoms with E-state index in [0.29, 0.717) is 28.4 Å². The average molecular weight is 373 g/mol. The molecule has 6 nitrogen and oxygen atoms in total. The van der Waals surface area contributed by atoms with Crippen molar-refractivity contribution in [2.24, 2.45) is 0 Å². The van der Waals surface area contributed by atoms with Crippen LogP contribution in [0.5, 0.6) is 17.2 Å². The van der Waals surface area contributed by atoms with Crippen molar-refractivity contribution in [1.82, 2.24) is 3.97 Å². The molecule has 2 aromatic carbocycles. The number of benzene rings is 2. The summed E-state index contributed by atoms with van der Waals surface area (Å²) in [7, 11) is 0.959. The molecule has 7 heteroatoms. The normalized spacial score (nSPS) is 11.2. The molecule has 0 aliphatic rings. The zero-order valence-corrected chi connectivity index (χ0v) is 15.5. The van der Waals surface area contributed by atoms with E-state index in [0.717, 1.165) is 0 Å². The lowest BCUT2D eigenvalue weighted by molar-refractivity contribution is 0.377. The highest BCUT2D eigenvalue weighted by Crippen LogP contribution is 2.42. The molecule has 26 heavy (non-hydrogen) atoms. The van der Waals surface area contributed by atoms with Gasteiger partial charge in [0.2, 0.25) is 0 Å². The Labute approximate surface area is 152 Å². The van der Waals surface area contributed by atoms with E-state index >= 15 is 0 Å². The molecule has 0 unspecified atom stereocenters. The first-order chi connectivity index (χ1) is 12.5. The Bertz CT molecular complexity index is 984. The van der Waals surface area contributed by atoms with Gasteiger partial charge in [0.15, 0.2) is 0 Å². The lowest BCUT2D eigenvalue weighted by atomic mass is 10.1. The maximum atomic E-state index is 12.8. The topological polar surface area (TPSA) is 66.8 Å². The van der Waals surface area contributed by atoms with Crippen molar-refractivity contribution in [2.75, 3.05) is 21.3 Å². The van der Waals surface area contributed by atoms with Gasteiger partial charge in [-0.1, -0.05) is 18.2 Å². The highest BCUT2D eigenvalue weighted by molar-refractivity contribution is 7.90. The highest BCUT2D eigenvalue weighted by atomic mass is 32.2. The van der Waals surface area contributed by atoms with Gasteiger partial charge in [0.05, 0.1) is 31.8 Å². The lowest BCUT2D eigenvalue weighted by Crippen LogP contribution is -2.10. The number of ether oxygens (including phenoxy) is 3. The zero-order chi connectivity index (χ0) is 18.7. The summed E-state index contributed by atoms with van der Waals surface area (Å²) >= 11 is 0. The summed E-state index contributed by atoms with van der Waals surface area (Å²) in [5.41, 5.74) is 1.30. The smallest absolute Gasteiger partial charge is 0.267 e. The molecule has 0 radical (unpaired) electrons. The van der Waals surface area contributed by atoms with Gasteiger partial charge in [0, 0.05) is 30.1 Å². The molecule has 0 N–H and O–H groups in total. The number of methoxy groups -OCH3 is 3. The molecule has 136 valence electrons. The third kappa shape index (κ3) is 3.13. The molecule has 1 heterocycles. The minimum absolute atomic E-state index is 0.218. The molecule has 0 saturated heterocycles. The molecule has 1 aromatic heterocycles. The first kappa shape index (κ1) is 17.9. The summed E-state index contributed by atoms with van der Waals surface area (Å²) in [6.07, 6.45) is 3.04. The van der Waals surface area contributed by atoms with Crippen molar-refractivity contribution in [3.63, 3.8) is 0 Å². The Hall–Kier alpha value is -2.93. The Morgan fingerprint density at radius 3 is 2.00 bits per heavy atom. The van der Waals surface area contributed by atoms with Crippen molar-refractivity contribution >= 4 is 10.0 Å². The Morgan fingerprint density at radius 2 is 1.46 bits per heavy atom. The lowest BCUT2D eigenvalue weighted by Gasteiger charge is -2.14. The van der Waals surface area contributed by atoms with E-state index in [1.54, 1.807) is 55.6 Å². The van der Waals surface area contributed by atoms with Crippen LogP contribution in [0.3, 0.4) is 0 Å². The molecule has 3 rings (SSSR count). The molecule has 0 saturated carbocycles. The second kappa shape index (κ2) is 7.13. The fourth-order valence-electron chi connectivity index (χ4n) is 2.68. The van der Waals surface area contributed by atoms with Crippen LogP contribution in [0.4, 0.5) is 0 Å². The molecular weight excluding hydrogens is 354 g/mol. The van der Waals surface area contributed by atoms with E-state index in [2.05, 4.69) is 0 Å².